The molecular weight excluding hydrogens is 556 g/mol. The maximum absolute atomic E-state index is 15.6. The first kappa shape index (κ1) is 30.8. The SMILES string of the molecule is CCOc1cc(=O)[nH]cc1-c1ccc(N(C(C)=O)c2ccc(C(F)(F)F)cc2C(=O)NCCN2CCC[C@@H]2C)c(F)c1. The normalized spacial score (nSPS) is 15.5. The minimum Gasteiger partial charge on any atom is -0.493 e. The first-order chi connectivity index (χ1) is 19.9. The van der Waals surface area contributed by atoms with Crippen LogP contribution >= 0.6 is 0 Å². The van der Waals surface area contributed by atoms with Gasteiger partial charge >= 0.3 is 6.18 Å². The molecular formula is C30H32F4N4O4. The van der Waals surface area contributed by atoms with E-state index in [1.807, 2.05) is 0 Å². The number of anilines is 2. The maximum Gasteiger partial charge on any atom is 0.416 e. The zero-order chi connectivity index (χ0) is 30.6. The Bertz CT molecular complexity index is 1520. The van der Waals surface area contributed by atoms with E-state index in [4.69, 9.17) is 4.74 Å². The van der Waals surface area contributed by atoms with E-state index in [9.17, 15) is 27.6 Å². The lowest BCUT2D eigenvalue weighted by atomic mass is 10.0. The summed E-state index contributed by atoms with van der Waals surface area (Å²) in [6.45, 7) is 6.74. The fourth-order valence-electron chi connectivity index (χ4n) is 5.10. The van der Waals surface area contributed by atoms with Crippen molar-refractivity contribution in [3.05, 3.63) is 76.0 Å². The number of amides is 2. The van der Waals surface area contributed by atoms with Crippen molar-refractivity contribution in [2.24, 2.45) is 0 Å². The van der Waals surface area contributed by atoms with Gasteiger partial charge in [0.2, 0.25) is 5.91 Å². The molecule has 0 aliphatic carbocycles. The number of nitrogens with zero attached hydrogens (tertiary/aromatic N) is 2. The molecule has 0 spiro atoms. The largest absolute Gasteiger partial charge is 0.493 e. The molecule has 1 atom stereocenters. The Morgan fingerprint density at radius 1 is 1.14 bits per heavy atom. The van der Waals surface area contributed by atoms with Gasteiger partial charge in [-0.05, 0) is 69.1 Å². The van der Waals surface area contributed by atoms with E-state index in [2.05, 4.69) is 22.1 Å². The van der Waals surface area contributed by atoms with Crippen molar-refractivity contribution in [2.75, 3.05) is 31.1 Å². The predicted molar refractivity (Wildman–Crippen MR) is 150 cm³/mol. The molecule has 8 nitrogen and oxygen atoms in total. The molecule has 0 radical (unpaired) electrons. The molecule has 1 aromatic heterocycles. The number of H-pyrrole nitrogens is 1. The van der Waals surface area contributed by atoms with E-state index >= 15 is 4.39 Å². The molecule has 2 heterocycles. The van der Waals surface area contributed by atoms with Crippen molar-refractivity contribution >= 4 is 23.2 Å². The third kappa shape index (κ3) is 6.81. The number of nitrogens with one attached hydrogen (secondary N) is 2. The summed E-state index contributed by atoms with van der Waals surface area (Å²) in [7, 11) is 0. The first-order valence-corrected chi connectivity index (χ1v) is 13.6. The van der Waals surface area contributed by atoms with Gasteiger partial charge in [0, 0.05) is 43.9 Å². The highest BCUT2D eigenvalue weighted by molar-refractivity contribution is 6.08. The number of likely N-dealkylation sites (tertiary alicyclic amines) is 1. The fourth-order valence-corrected chi connectivity index (χ4v) is 5.10. The Labute approximate surface area is 240 Å². The second kappa shape index (κ2) is 12.8. The predicted octanol–water partition coefficient (Wildman–Crippen LogP) is 5.50. The third-order valence-electron chi connectivity index (χ3n) is 7.19. The Morgan fingerprint density at radius 3 is 2.50 bits per heavy atom. The van der Waals surface area contributed by atoms with Crippen molar-refractivity contribution < 1.29 is 31.9 Å². The molecule has 4 rings (SSSR count). The van der Waals surface area contributed by atoms with Gasteiger partial charge in [-0.3, -0.25) is 24.2 Å². The molecule has 3 aromatic rings. The summed E-state index contributed by atoms with van der Waals surface area (Å²) < 4.78 is 62.0. The molecule has 2 N–H and O–H groups in total. The highest BCUT2D eigenvalue weighted by Gasteiger charge is 2.33. The van der Waals surface area contributed by atoms with E-state index in [-0.39, 0.29) is 30.3 Å². The van der Waals surface area contributed by atoms with E-state index in [1.165, 1.54) is 24.4 Å². The second-order valence-corrected chi connectivity index (χ2v) is 10.0. The van der Waals surface area contributed by atoms with E-state index in [0.717, 1.165) is 49.4 Å². The third-order valence-corrected chi connectivity index (χ3v) is 7.19. The van der Waals surface area contributed by atoms with Crippen molar-refractivity contribution in [3.63, 3.8) is 0 Å². The van der Waals surface area contributed by atoms with Gasteiger partial charge in [-0.25, -0.2) is 4.39 Å². The van der Waals surface area contributed by atoms with E-state index < -0.39 is 40.5 Å². The van der Waals surface area contributed by atoms with Crippen LogP contribution in [0.2, 0.25) is 0 Å². The number of aromatic amines is 1. The number of aromatic nitrogens is 1. The summed E-state index contributed by atoms with van der Waals surface area (Å²) >= 11 is 0. The number of pyridine rings is 1. The number of ether oxygens (including phenoxy) is 1. The molecule has 0 bridgehead atoms. The Kier molecular flexibility index (Phi) is 9.35. The van der Waals surface area contributed by atoms with Gasteiger partial charge in [0.1, 0.15) is 11.6 Å². The summed E-state index contributed by atoms with van der Waals surface area (Å²) in [6.07, 6.45) is -1.33. The van der Waals surface area contributed by atoms with Crippen molar-refractivity contribution in [1.29, 1.82) is 0 Å². The van der Waals surface area contributed by atoms with Crippen LogP contribution in [-0.4, -0.2) is 54.0 Å². The van der Waals surface area contributed by atoms with Crippen LogP contribution in [0.1, 0.15) is 49.5 Å². The Hall–Kier alpha value is -4.19. The summed E-state index contributed by atoms with van der Waals surface area (Å²) in [5, 5.41) is 2.66. The minimum atomic E-state index is -4.75. The molecule has 1 fully saturated rings. The second-order valence-electron chi connectivity index (χ2n) is 10.0. The molecule has 2 amide bonds. The number of alkyl halides is 3. The molecule has 2 aromatic carbocycles. The quantitative estimate of drug-likeness (QED) is 0.322. The smallest absolute Gasteiger partial charge is 0.416 e. The molecule has 224 valence electrons. The van der Waals surface area contributed by atoms with Gasteiger partial charge < -0.3 is 15.0 Å². The number of carbonyl (C=O) groups excluding carboxylic acids is 2. The lowest BCUT2D eigenvalue weighted by molar-refractivity contribution is -0.137. The topological polar surface area (TPSA) is 94.7 Å². The van der Waals surface area contributed by atoms with Gasteiger partial charge in [0.15, 0.2) is 0 Å². The van der Waals surface area contributed by atoms with Crippen molar-refractivity contribution in [3.8, 4) is 16.9 Å². The highest BCUT2D eigenvalue weighted by Crippen LogP contribution is 2.38. The standard InChI is InChI=1S/C30H32F4N4O4/c1-4-42-27-16-28(40)36-17-23(27)20-7-9-26(24(31)14-20)38(19(3)39)25-10-8-21(30(32,33)34)15-22(25)29(41)35-11-13-37-12-5-6-18(37)2/h7-10,14-18H,4-6,11-13H2,1-3H3,(H,35,41)(H,36,40)/t18-/m0/s1. The highest BCUT2D eigenvalue weighted by atomic mass is 19.4. The maximum atomic E-state index is 15.6. The molecule has 1 aliphatic rings. The molecule has 1 aliphatic heterocycles. The molecule has 0 saturated carbocycles. The Morgan fingerprint density at radius 2 is 1.88 bits per heavy atom. The summed E-state index contributed by atoms with van der Waals surface area (Å²) in [5.41, 5.74) is -1.67. The van der Waals surface area contributed by atoms with Crippen molar-refractivity contribution in [2.45, 2.75) is 45.8 Å². The van der Waals surface area contributed by atoms with Gasteiger partial charge in [-0.15, -0.1) is 0 Å². The van der Waals surface area contributed by atoms with Gasteiger partial charge in [0.05, 0.1) is 29.1 Å². The number of rotatable bonds is 9. The van der Waals surface area contributed by atoms with Crippen LogP contribution in [0.5, 0.6) is 5.75 Å². The Balaban J connectivity index is 1.71. The number of carbonyl (C=O) groups is 2. The number of hydrogen-bond donors (Lipinski definition) is 2. The fraction of sp³-hybridized carbons (Fsp3) is 0.367. The van der Waals surface area contributed by atoms with Crippen molar-refractivity contribution in [1.82, 2.24) is 15.2 Å². The van der Waals surface area contributed by atoms with Gasteiger partial charge in [0.25, 0.3) is 11.5 Å². The number of hydrogen-bond acceptors (Lipinski definition) is 5. The van der Waals surface area contributed by atoms with Crippen LogP contribution in [-0.2, 0) is 11.0 Å². The zero-order valence-electron chi connectivity index (χ0n) is 23.5. The molecule has 42 heavy (non-hydrogen) atoms. The van der Waals surface area contributed by atoms with Crippen LogP contribution in [0.4, 0.5) is 28.9 Å². The van der Waals surface area contributed by atoms with Gasteiger partial charge in [-0.1, -0.05) is 6.07 Å². The van der Waals surface area contributed by atoms with Crippen LogP contribution in [0, 0.1) is 5.82 Å². The lowest BCUT2D eigenvalue weighted by Crippen LogP contribution is -2.37. The van der Waals surface area contributed by atoms with Crippen LogP contribution in [0.3, 0.4) is 0 Å². The van der Waals surface area contributed by atoms with Gasteiger partial charge in [-0.2, -0.15) is 13.2 Å². The molecule has 12 heteroatoms. The van der Waals surface area contributed by atoms with Crippen LogP contribution in [0.15, 0.2) is 53.5 Å². The summed E-state index contributed by atoms with van der Waals surface area (Å²) in [5.74, 6) is -2.20. The lowest BCUT2D eigenvalue weighted by Gasteiger charge is -2.26. The first-order valence-electron chi connectivity index (χ1n) is 13.6. The summed E-state index contributed by atoms with van der Waals surface area (Å²) in [6, 6.07) is 7.84. The zero-order valence-corrected chi connectivity index (χ0v) is 23.5. The average molecular weight is 589 g/mol. The number of benzene rings is 2. The number of halogens is 4. The van der Waals surface area contributed by atoms with Crippen LogP contribution in [0.25, 0.3) is 11.1 Å². The summed E-state index contributed by atoms with van der Waals surface area (Å²) in [4.78, 5) is 43.4. The molecule has 1 saturated heterocycles. The minimum absolute atomic E-state index is 0.184. The van der Waals surface area contributed by atoms with Crippen LogP contribution < -0.4 is 20.5 Å². The molecule has 0 unspecified atom stereocenters. The van der Waals surface area contributed by atoms with E-state index in [0.29, 0.717) is 29.8 Å². The monoisotopic (exact) mass is 588 g/mol. The van der Waals surface area contributed by atoms with E-state index in [1.54, 1.807) is 6.92 Å². The average Bonchev–Trinajstić information content (AvgIpc) is 3.33.